The number of benzene rings is 8. The van der Waals surface area contributed by atoms with E-state index in [2.05, 4.69) is 181 Å². The molecule has 0 aliphatic carbocycles. The van der Waals surface area contributed by atoms with Gasteiger partial charge in [0.25, 0.3) is 0 Å². The van der Waals surface area contributed by atoms with Gasteiger partial charge >= 0.3 is 0 Å². The number of fused-ring (bicyclic) bond motifs is 3. The summed E-state index contributed by atoms with van der Waals surface area (Å²) in [5.74, 6) is 0. The van der Waals surface area contributed by atoms with Gasteiger partial charge in [0.1, 0.15) is 0 Å². The van der Waals surface area contributed by atoms with Crippen molar-refractivity contribution >= 4 is 49.4 Å². The van der Waals surface area contributed by atoms with Crippen LogP contribution in [-0.2, 0) is 0 Å². The molecule has 0 atom stereocenters. The molecule has 0 N–H and O–H groups in total. The number of anilines is 3. The lowest BCUT2D eigenvalue weighted by Crippen LogP contribution is -2.12. The molecule has 1 nitrogen and oxygen atoms in total. The molecule has 1 heteroatoms. The van der Waals surface area contributed by atoms with E-state index in [1.165, 1.54) is 54.6 Å². The minimum absolute atomic E-state index is 1.12. The Morgan fingerprint density at radius 1 is 0.326 bits per heavy atom. The second kappa shape index (κ2) is 10.6. The molecule has 0 amide bonds. The first kappa shape index (κ1) is 25.1. The molecule has 0 heterocycles. The second-order valence-electron chi connectivity index (χ2n) is 11.0. The Bertz CT molecular complexity index is 2250. The average Bonchev–Trinajstić information content (AvgIpc) is 3.08. The van der Waals surface area contributed by atoms with E-state index in [1.54, 1.807) is 0 Å². The van der Waals surface area contributed by atoms with Crippen LogP contribution in [0, 0.1) is 0 Å². The molecular formula is C42H29N. The summed E-state index contributed by atoms with van der Waals surface area (Å²) in [5.41, 5.74) is 8.22. The quantitative estimate of drug-likeness (QED) is 0.207. The van der Waals surface area contributed by atoms with Crippen LogP contribution < -0.4 is 4.90 Å². The number of para-hydroxylation sites is 1. The molecule has 43 heavy (non-hydrogen) atoms. The molecule has 0 fully saturated rings. The molecular weight excluding hydrogens is 518 g/mol. The summed E-state index contributed by atoms with van der Waals surface area (Å²) in [4.78, 5) is 2.45. The highest BCUT2D eigenvalue weighted by atomic mass is 15.1. The van der Waals surface area contributed by atoms with Gasteiger partial charge in [0.05, 0.1) is 11.4 Å². The van der Waals surface area contributed by atoms with Crippen molar-refractivity contribution in [3.63, 3.8) is 0 Å². The summed E-state index contributed by atoms with van der Waals surface area (Å²) in [7, 11) is 0. The fourth-order valence-electron chi connectivity index (χ4n) is 6.35. The molecule has 0 saturated heterocycles. The summed E-state index contributed by atoms with van der Waals surface area (Å²) in [5, 5.41) is 7.39. The zero-order valence-electron chi connectivity index (χ0n) is 23.7. The summed E-state index contributed by atoms with van der Waals surface area (Å²) in [6.45, 7) is 0. The molecule has 0 radical (unpaired) electrons. The maximum Gasteiger partial charge on any atom is 0.0546 e. The van der Waals surface area contributed by atoms with Crippen molar-refractivity contribution in [2.24, 2.45) is 0 Å². The Morgan fingerprint density at radius 2 is 0.907 bits per heavy atom. The maximum absolute atomic E-state index is 2.45. The van der Waals surface area contributed by atoms with E-state index >= 15 is 0 Å². The summed E-state index contributed by atoms with van der Waals surface area (Å²) in [6, 6.07) is 63.6. The first-order valence-corrected chi connectivity index (χ1v) is 14.8. The van der Waals surface area contributed by atoms with Gasteiger partial charge in [-0.25, -0.2) is 0 Å². The summed E-state index contributed by atoms with van der Waals surface area (Å²) in [6.07, 6.45) is 0. The highest BCUT2D eigenvalue weighted by Crippen LogP contribution is 2.47. The first-order valence-electron chi connectivity index (χ1n) is 14.8. The Hall–Kier alpha value is -5.66. The predicted molar refractivity (Wildman–Crippen MR) is 185 cm³/mol. The van der Waals surface area contributed by atoms with E-state index in [1.807, 2.05) is 0 Å². The Balaban J connectivity index is 1.46. The van der Waals surface area contributed by atoms with Crippen LogP contribution in [0.15, 0.2) is 176 Å². The molecule has 0 aliphatic heterocycles. The molecule has 0 saturated carbocycles. The van der Waals surface area contributed by atoms with Gasteiger partial charge < -0.3 is 4.90 Å². The minimum atomic E-state index is 1.12. The highest BCUT2D eigenvalue weighted by Gasteiger charge is 2.22. The van der Waals surface area contributed by atoms with E-state index in [0.717, 1.165) is 17.1 Å². The summed E-state index contributed by atoms with van der Waals surface area (Å²) < 4.78 is 0. The van der Waals surface area contributed by atoms with Crippen molar-refractivity contribution in [2.75, 3.05) is 4.90 Å². The maximum atomic E-state index is 2.45. The van der Waals surface area contributed by atoms with Crippen molar-refractivity contribution in [1.82, 2.24) is 0 Å². The fourth-order valence-corrected chi connectivity index (χ4v) is 6.35. The van der Waals surface area contributed by atoms with Crippen LogP contribution in [-0.4, -0.2) is 0 Å². The second-order valence-corrected chi connectivity index (χ2v) is 11.0. The Morgan fingerprint density at radius 3 is 1.70 bits per heavy atom. The zero-order valence-corrected chi connectivity index (χ0v) is 23.7. The van der Waals surface area contributed by atoms with Gasteiger partial charge in [-0.3, -0.25) is 0 Å². The van der Waals surface area contributed by atoms with Crippen LogP contribution in [0.4, 0.5) is 17.1 Å². The van der Waals surface area contributed by atoms with E-state index in [9.17, 15) is 0 Å². The van der Waals surface area contributed by atoms with Gasteiger partial charge in [-0.1, -0.05) is 146 Å². The molecule has 8 aromatic carbocycles. The van der Waals surface area contributed by atoms with Crippen molar-refractivity contribution in [2.45, 2.75) is 0 Å². The molecule has 0 bridgehead atoms. The van der Waals surface area contributed by atoms with Crippen LogP contribution in [0.1, 0.15) is 0 Å². The van der Waals surface area contributed by atoms with Gasteiger partial charge in [-0.15, -0.1) is 0 Å². The van der Waals surface area contributed by atoms with Crippen molar-refractivity contribution in [3.05, 3.63) is 176 Å². The lowest BCUT2D eigenvalue weighted by atomic mass is 9.93. The molecule has 8 aromatic rings. The van der Waals surface area contributed by atoms with Crippen molar-refractivity contribution in [1.29, 1.82) is 0 Å². The number of rotatable bonds is 5. The SMILES string of the molecule is c1ccc(-c2ccccc2N(c2ccc3ccccc3c2)c2ccc3ccccc3c2-c2ccc3ccccc3c2)cc1. The van der Waals surface area contributed by atoms with Gasteiger partial charge in [0.2, 0.25) is 0 Å². The number of nitrogens with zero attached hydrogens (tertiary/aromatic N) is 1. The third kappa shape index (κ3) is 4.52. The first-order chi connectivity index (χ1) is 21.3. The van der Waals surface area contributed by atoms with Gasteiger partial charge in [0, 0.05) is 16.8 Å². The van der Waals surface area contributed by atoms with E-state index in [-0.39, 0.29) is 0 Å². The molecule has 0 aromatic heterocycles. The third-order valence-electron chi connectivity index (χ3n) is 8.41. The predicted octanol–water partition coefficient (Wildman–Crippen LogP) is 11.9. The van der Waals surface area contributed by atoms with Gasteiger partial charge in [-0.05, 0) is 73.8 Å². The normalized spacial score (nSPS) is 11.3. The topological polar surface area (TPSA) is 3.24 Å². The lowest BCUT2D eigenvalue weighted by Gasteiger charge is -2.31. The summed E-state index contributed by atoms with van der Waals surface area (Å²) >= 11 is 0. The lowest BCUT2D eigenvalue weighted by molar-refractivity contribution is 1.29. The smallest absolute Gasteiger partial charge is 0.0546 e. The van der Waals surface area contributed by atoms with Crippen LogP contribution in [0.2, 0.25) is 0 Å². The average molecular weight is 548 g/mol. The molecule has 8 rings (SSSR count). The molecule has 0 spiro atoms. The molecule has 0 unspecified atom stereocenters. The van der Waals surface area contributed by atoms with Crippen LogP contribution in [0.25, 0.3) is 54.6 Å². The fraction of sp³-hybridized carbons (Fsp3) is 0. The molecule has 0 aliphatic rings. The highest BCUT2D eigenvalue weighted by molar-refractivity contribution is 6.08. The van der Waals surface area contributed by atoms with Crippen LogP contribution in [0.5, 0.6) is 0 Å². The largest absolute Gasteiger partial charge is 0.309 e. The van der Waals surface area contributed by atoms with Crippen molar-refractivity contribution in [3.8, 4) is 22.3 Å². The number of hydrogen-bond donors (Lipinski definition) is 0. The van der Waals surface area contributed by atoms with Crippen LogP contribution in [0.3, 0.4) is 0 Å². The zero-order chi connectivity index (χ0) is 28.6. The van der Waals surface area contributed by atoms with E-state index in [4.69, 9.17) is 0 Å². The monoisotopic (exact) mass is 547 g/mol. The van der Waals surface area contributed by atoms with Crippen molar-refractivity contribution < 1.29 is 0 Å². The molecule has 202 valence electrons. The minimum Gasteiger partial charge on any atom is -0.309 e. The van der Waals surface area contributed by atoms with E-state index in [0.29, 0.717) is 0 Å². The van der Waals surface area contributed by atoms with Gasteiger partial charge in [0.15, 0.2) is 0 Å². The standard InChI is InChI=1S/C42H29N/c1-2-14-32(15-3-1)38-19-10-11-21-40(38)43(37-26-24-31-13-5-7-18-35(31)29-37)41-27-25-33-16-8-9-20-39(33)42(41)36-23-22-30-12-4-6-17-34(30)28-36/h1-29H. The van der Waals surface area contributed by atoms with E-state index < -0.39 is 0 Å². The Labute approximate surface area is 251 Å². The van der Waals surface area contributed by atoms with Gasteiger partial charge in [-0.2, -0.15) is 0 Å². The Kier molecular flexibility index (Phi) is 6.20. The van der Waals surface area contributed by atoms with Crippen LogP contribution >= 0.6 is 0 Å². The number of hydrogen-bond acceptors (Lipinski definition) is 1. The third-order valence-corrected chi connectivity index (χ3v) is 8.41.